The fourth-order valence-corrected chi connectivity index (χ4v) is 3.01. The lowest BCUT2D eigenvalue weighted by Gasteiger charge is -2.25. The number of hydrogen-bond donors (Lipinski definition) is 4. The molecule has 1 aromatic carbocycles. The summed E-state index contributed by atoms with van der Waals surface area (Å²) in [6.45, 7) is -0.719. The van der Waals surface area contributed by atoms with Crippen LogP contribution in [0.4, 0.5) is 0 Å². The van der Waals surface area contributed by atoms with Crippen LogP contribution in [0, 0.1) is 0 Å². The molecular formula is C19H22N2O5S. The molecule has 0 radical (unpaired) electrons. The van der Waals surface area contributed by atoms with E-state index < -0.39 is 35.6 Å². The Kier molecular flexibility index (Phi) is 7.63. The highest BCUT2D eigenvalue weighted by atomic mass is 32.1. The van der Waals surface area contributed by atoms with Gasteiger partial charge in [-0.15, -0.1) is 0 Å². The molecule has 2 atom stereocenters. The molecular weight excluding hydrogens is 368 g/mol. The molecule has 0 bridgehead atoms. The van der Waals surface area contributed by atoms with Crippen molar-refractivity contribution in [2.24, 2.45) is 0 Å². The number of hydrogen-bond acceptors (Lipinski definition) is 5. The predicted molar refractivity (Wildman–Crippen MR) is 103 cm³/mol. The Labute approximate surface area is 162 Å². The molecule has 1 heterocycles. The van der Waals surface area contributed by atoms with E-state index in [0.29, 0.717) is 12.0 Å². The maximum Gasteiger partial charge on any atom is 0.323 e. The van der Waals surface area contributed by atoms with E-state index in [1.807, 2.05) is 30.3 Å². The third kappa shape index (κ3) is 5.97. The zero-order chi connectivity index (χ0) is 19.8. The summed E-state index contributed by atoms with van der Waals surface area (Å²) in [7, 11) is 0. The largest absolute Gasteiger partial charge is 0.480 e. The molecule has 2 rings (SSSR count). The van der Waals surface area contributed by atoms with E-state index in [-0.39, 0.29) is 13.0 Å². The van der Waals surface area contributed by atoms with Crippen molar-refractivity contribution in [3.63, 3.8) is 0 Å². The minimum atomic E-state index is -1.17. The third-order valence-corrected chi connectivity index (χ3v) is 4.46. The maximum atomic E-state index is 12.7. The molecule has 1 aliphatic heterocycles. The molecule has 0 aliphatic carbocycles. The zero-order valence-corrected chi connectivity index (χ0v) is 15.5. The number of aliphatic carboxylic acids is 1. The Bertz CT molecular complexity index is 748. The second-order valence-electron chi connectivity index (χ2n) is 6.06. The summed E-state index contributed by atoms with van der Waals surface area (Å²) in [5, 5.41) is 20.2. The fraction of sp³-hybridized carbons (Fsp3) is 0.316. The zero-order valence-electron chi connectivity index (χ0n) is 14.6. The van der Waals surface area contributed by atoms with E-state index in [9.17, 15) is 19.5 Å². The van der Waals surface area contributed by atoms with Crippen LogP contribution in [-0.4, -0.2) is 57.3 Å². The van der Waals surface area contributed by atoms with Crippen LogP contribution in [0.15, 0.2) is 54.3 Å². The van der Waals surface area contributed by atoms with Crippen molar-refractivity contribution in [3.05, 3.63) is 59.8 Å². The highest BCUT2D eigenvalue weighted by Crippen LogP contribution is 2.16. The fourth-order valence-electron chi connectivity index (χ4n) is 2.72. The average Bonchev–Trinajstić information content (AvgIpc) is 2.76. The first-order valence-electron chi connectivity index (χ1n) is 8.45. The monoisotopic (exact) mass is 390 g/mol. The van der Waals surface area contributed by atoms with Gasteiger partial charge in [0.25, 0.3) is 5.91 Å². The lowest BCUT2D eigenvalue weighted by molar-refractivity contribution is -0.143. The van der Waals surface area contributed by atoms with Crippen molar-refractivity contribution >= 4 is 30.4 Å². The topological polar surface area (TPSA) is 107 Å². The van der Waals surface area contributed by atoms with Crippen LogP contribution >= 0.6 is 12.6 Å². The van der Waals surface area contributed by atoms with Gasteiger partial charge in [-0.25, -0.2) is 0 Å². The number of allylic oxidation sites excluding steroid dienone is 2. The number of carboxylic acid groups (broad SMARTS) is 1. The molecule has 8 heteroatoms. The lowest BCUT2D eigenvalue weighted by Crippen LogP contribution is -2.50. The van der Waals surface area contributed by atoms with Crippen molar-refractivity contribution in [2.75, 3.05) is 13.2 Å². The Morgan fingerprint density at radius 3 is 2.59 bits per heavy atom. The summed E-state index contributed by atoms with van der Waals surface area (Å²) in [6.07, 6.45) is 5.04. The van der Waals surface area contributed by atoms with Crippen LogP contribution in [0.1, 0.15) is 12.0 Å². The van der Waals surface area contributed by atoms with E-state index in [1.165, 1.54) is 12.3 Å². The summed E-state index contributed by atoms with van der Waals surface area (Å²) in [4.78, 5) is 37.3. The number of aliphatic hydroxyl groups excluding tert-OH is 1. The number of nitrogens with one attached hydrogen (secondary N) is 1. The van der Waals surface area contributed by atoms with E-state index >= 15 is 0 Å². The molecule has 2 amide bonds. The molecule has 1 aliphatic rings. The van der Waals surface area contributed by atoms with E-state index in [2.05, 4.69) is 17.9 Å². The van der Waals surface area contributed by atoms with Crippen LogP contribution in [0.5, 0.6) is 0 Å². The van der Waals surface area contributed by atoms with E-state index in [0.717, 1.165) is 10.5 Å². The highest BCUT2D eigenvalue weighted by molar-refractivity contribution is 7.81. The number of carboxylic acids is 1. The number of carbonyl (C=O) groups excluding carboxylic acids is 2. The van der Waals surface area contributed by atoms with Gasteiger partial charge in [-0.1, -0.05) is 36.4 Å². The normalized spacial score (nSPS) is 17.9. The minimum Gasteiger partial charge on any atom is -0.480 e. The standard InChI is InChI=1S/C19H22N2O5S/c22-10-8-14-7-4-9-21(12-16(23)24)19(26)17(14)20-18(25)15(27)11-13-5-2-1-3-6-13/h1-7,9,15,17,22,27H,8,10-12H2,(H,20,25)(H,23,24). The quantitative estimate of drug-likeness (QED) is 0.491. The summed E-state index contributed by atoms with van der Waals surface area (Å²) < 4.78 is 0. The van der Waals surface area contributed by atoms with Gasteiger partial charge in [0.2, 0.25) is 5.91 Å². The van der Waals surface area contributed by atoms with Gasteiger partial charge in [0.1, 0.15) is 12.6 Å². The van der Waals surface area contributed by atoms with Crippen molar-refractivity contribution in [1.82, 2.24) is 10.2 Å². The van der Waals surface area contributed by atoms with E-state index in [1.54, 1.807) is 6.08 Å². The van der Waals surface area contributed by atoms with Gasteiger partial charge in [0.15, 0.2) is 0 Å². The maximum absolute atomic E-state index is 12.7. The van der Waals surface area contributed by atoms with Crippen molar-refractivity contribution in [3.8, 4) is 0 Å². The summed E-state index contributed by atoms with van der Waals surface area (Å²) in [5.41, 5.74) is 1.43. The SMILES string of the molecule is O=C(O)CN1C=CC=C(CCO)C(NC(=O)C(S)Cc2ccccc2)C1=O. The van der Waals surface area contributed by atoms with Crippen molar-refractivity contribution in [2.45, 2.75) is 24.1 Å². The molecule has 3 N–H and O–H groups in total. The van der Waals surface area contributed by atoms with Crippen LogP contribution in [0.25, 0.3) is 0 Å². The van der Waals surface area contributed by atoms with Gasteiger partial charge in [-0.3, -0.25) is 14.4 Å². The van der Waals surface area contributed by atoms with Gasteiger partial charge in [0.05, 0.1) is 5.25 Å². The predicted octanol–water partition coefficient (Wildman–Crippen LogP) is 0.762. The second-order valence-corrected chi connectivity index (χ2v) is 6.69. The molecule has 0 spiro atoms. The molecule has 144 valence electrons. The molecule has 0 saturated heterocycles. The summed E-state index contributed by atoms with van der Waals surface area (Å²) in [5.74, 6) is -2.18. The molecule has 0 aromatic heterocycles. The number of aliphatic hydroxyl groups is 1. The van der Waals surface area contributed by atoms with Crippen molar-refractivity contribution < 1.29 is 24.6 Å². The first kappa shape index (κ1) is 20.7. The Morgan fingerprint density at radius 1 is 1.26 bits per heavy atom. The van der Waals surface area contributed by atoms with Gasteiger partial charge in [-0.05, 0) is 30.1 Å². The molecule has 1 aromatic rings. The third-order valence-electron chi connectivity index (χ3n) is 4.04. The number of amides is 2. The minimum absolute atomic E-state index is 0.178. The highest BCUT2D eigenvalue weighted by Gasteiger charge is 2.31. The van der Waals surface area contributed by atoms with Gasteiger partial charge >= 0.3 is 5.97 Å². The first-order chi connectivity index (χ1) is 12.9. The Balaban J connectivity index is 2.13. The lowest BCUT2D eigenvalue weighted by atomic mass is 10.0. The van der Waals surface area contributed by atoms with Gasteiger partial charge in [0, 0.05) is 12.8 Å². The Hall–Kier alpha value is -2.58. The van der Waals surface area contributed by atoms with E-state index in [4.69, 9.17) is 5.11 Å². The van der Waals surface area contributed by atoms with Gasteiger partial charge in [-0.2, -0.15) is 12.6 Å². The van der Waals surface area contributed by atoms with Gasteiger partial charge < -0.3 is 20.4 Å². The number of thiol groups is 1. The number of nitrogens with zero attached hydrogens (tertiary/aromatic N) is 1. The summed E-state index contributed by atoms with van der Waals surface area (Å²) >= 11 is 4.34. The average molecular weight is 390 g/mol. The number of benzene rings is 1. The van der Waals surface area contributed by atoms with Crippen LogP contribution in [0.2, 0.25) is 0 Å². The summed E-state index contributed by atoms with van der Waals surface area (Å²) in [6, 6.07) is 8.30. The number of rotatable bonds is 8. The van der Waals surface area contributed by atoms with Crippen LogP contribution in [-0.2, 0) is 20.8 Å². The first-order valence-corrected chi connectivity index (χ1v) is 8.96. The molecule has 7 nitrogen and oxygen atoms in total. The molecule has 27 heavy (non-hydrogen) atoms. The Morgan fingerprint density at radius 2 is 1.96 bits per heavy atom. The van der Waals surface area contributed by atoms with Crippen molar-refractivity contribution in [1.29, 1.82) is 0 Å². The van der Waals surface area contributed by atoms with Crippen LogP contribution < -0.4 is 5.32 Å². The van der Waals surface area contributed by atoms with Crippen LogP contribution in [0.3, 0.4) is 0 Å². The smallest absolute Gasteiger partial charge is 0.323 e. The molecule has 0 fully saturated rings. The molecule has 2 unspecified atom stereocenters. The molecule has 0 saturated carbocycles. The second kappa shape index (κ2) is 9.94. The number of carbonyl (C=O) groups is 3.